The highest BCUT2D eigenvalue weighted by atomic mass is 32.2. The molecule has 0 bridgehead atoms. The first-order valence-electron chi connectivity index (χ1n) is 10.9. The molecule has 0 saturated heterocycles. The highest BCUT2D eigenvalue weighted by Crippen LogP contribution is 2.54. The summed E-state index contributed by atoms with van der Waals surface area (Å²) in [4.78, 5) is 38.4. The molecule has 2 aromatic rings. The van der Waals surface area contributed by atoms with Crippen molar-refractivity contribution in [3.63, 3.8) is 0 Å². The molecule has 0 saturated carbocycles. The monoisotopic (exact) mass is 466 g/mol. The molecule has 2 aromatic carbocycles. The van der Waals surface area contributed by atoms with Gasteiger partial charge in [-0.2, -0.15) is 5.01 Å². The Labute approximate surface area is 197 Å². The second kappa shape index (κ2) is 9.27. The minimum absolute atomic E-state index is 0.214. The largest absolute Gasteiger partial charge is 0.493 e. The molecule has 1 N–H and O–H groups in total. The summed E-state index contributed by atoms with van der Waals surface area (Å²) in [6.07, 6.45) is 1.97. The van der Waals surface area contributed by atoms with Gasteiger partial charge in [0.2, 0.25) is 16.7 Å². The maximum Gasteiger partial charge on any atom is 0.271 e. The van der Waals surface area contributed by atoms with Gasteiger partial charge < -0.3 is 15.0 Å². The van der Waals surface area contributed by atoms with Crippen LogP contribution in [0.4, 0.5) is 5.69 Å². The maximum absolute atomic E-state index is 14.0. The molecular weight excluding hydrogens is 440 g/mol. The molecule has 0 fully saturated rings. The number of para-hydroxylation sites is 2. The molecule has 2 aliphatic heterocycles. The summed E-state index contributed by atoms with van der Waals surface area (Å²) in [6.45, 7) is 5.70. The van der Waals surface area contributed by atoms with Crippen LogP contribution in [0.25, 0.3) is 0 Å². The number of carbonyl (C=O) groups is 3. The van der Waals surface area contributed by atoms with E-state index in [0.29, 0.717) is 17.9 Å². The van der Waals surface area contributed by atoms with Gasteiger partial charge >= 0.3 is 0 Å². The maximum atomic E-state index is 14.0. The van der Waals surface area contributed by atoms with Crippen LogP contribution in [-0.4, -0.2) is 34.5 Å². The van der Waals surface area contributed by atoms with Crippen molar-refractivity contribution in [2.75, 3.05) is 11.5 Å². The lowest BCUT2D eigenvalue weighted by molar-refractivity contribution is -0.139. The Kier molecular flexibility index (Phi) is 6.42. The fourth-order valence-electron chi connectivity index (χ4n) is 3.99. The summed E-state index contributed by atoms with van der Waals surface area (Å²) in [5.41, 5.74) is 2.22. The number of nitrogens with zero attached hydrogens (tertiary/aromatic N) is 3. The van der Waals surface area contributed by atoms with E-state index in [2.05, 4.69) is 17.3 Å². The Bertz CT molecular complexity index is 1130. The van der Waals surface area contributed by atoms with Gasteiger partial charge in [-0.25, -0.2) is 0 Å². The lowest BCUT2D eigenvalue weighted by atomic mass is 10.1. The van der Waals surface area contributed by atoms with Gasteiger partial charge in [-0.3, -0.25) is 14.4 Å². The van der Waals surface area contributed by atoms with E-state index in [1.807, 2.05) is 48.5 Å². The summed E-state index contributed by atoms with van der Waals surface area (Å²) in [6, 6.07) is 15.0. The zero-order valence-electron chi connectivity index (χ0n) is 18.8. The number of hydrogen-bond donors (Lipinski definition) is 1. The van der Waals surface area contributed by atoms with Gasteiger partial charge in [-0.15, -0.1) is 5.10 Å². The predicted molar refractivity (Wildman–Crippen MR) is 128 cm³/mol. The summed E-state index contributed by atoms with van der Waals surface area (Å²) < 4.78 is 5.97. The number of hydrogen-bond acceptors (Lipinski definition) is 6. The minimum Gasteiger partial charge on any atom is -0.493 e. The summed E-state index contributed by atoms with van der Waals surface area (Å²) >= 11 is 1.07. The number of amides is 3. The lowest BCUT2D eigenvalue weighted by Gasteiger charge is -2.29. The highest BCUT2D eigenvalue weighted by Gasteiger charge is 2.61. The summed E-state index contributed by atoms with van der Waals surface area (Å²) in [5, 5.41) is 8.29. The molecule has 1 spiro atoms. The van der Waals surface area contributed by atoms with E-state index < -0.39 is 10.8 Å². The highest BCUT2D eigenvalue weighted by molar-refractivity contribution is 8.15. The third kappa shape index (κ3) is 4.08. The molecule has 0 unspecified atom stereocenters. The first-order chi connectivity index (χ1) is 15.9. The van der Waals surface area contributed by atoms with Crippen LogP contribution in [0.1, 0.15) is 44.7 Å². The van der Waals surface area contributed by atoms with Crippen molar-refractivity contribution < 1.29 is 19.1 Å². The van der Waals surface area contributed by atoms with Crippen molar-refractivity contribution in [1.29, 1.82) is 0 Å². The SMILES string of the molecule is CCCCOc1ccccc1CN1C(=O)[C@]2(SC(NC(C)=O)=NN2C(C)=O)c2ccccc21. The number of thioether (sulfide) groups is 1. The van der Waals surface area contributed by atoms with E-state index in [1.54, 1.807) is 4.90 Å². The third-order valence-corrected chi connectivity index (χ3v) is 6.71. The Morgan fingerprint density at radius 1 is 1.12 bits per heavy atom. The summed E-state index contributed by atoms with van der Waals surface area (Å²) in [7, 11) is 0. The molecule has 8 nitrogen and oxygen atoms in total. The van der Waals surface area contributed by atoms with Crippen LogP contribution in [0.5, 0.6) is 5.75 Å². The fraction of sp³-hybridized carbons (Fsp3) is 0.333. The first-order valence-corrected chi connectivity index (χ1v) is 11.7. The molecule has 2 heterocycles. The number of anilines is 1. The molecule has 4 rings (SSSR count). The normalized spacial score (nSPS) is 19.0. The molecular formula is C24H26N4O4S. The van der Waals surface area contributed by atoms with Gasteiger partial charge in [0.05, 0.1) is 18.8 Å². The number of benzene rings is 2. The van der Waals surface area contributed by atoms with Crippen molar-refractivity contribution >= 4 is 40.3 Å². The fourth-order valence-corrected chi connectivity index (χ4v) is 5.33. The number of nitrogens with one attached hydrogen (secondary N) is 1. The lowest BCUT2D eigenvalue weighted by Crippen LogP contribution is -2.48. The number of hydrazone groups is 1. The van der Waals surface area contributed by atoms with Gasteiger partial charge in [0.15, 0.2) is 5.17 Å². The Morgan fingerprint density at radius 2 is 1.85 bits per heavy atom. The van der Waals surface area contributed by atoms with Crippen molar-refractivity contribution in [2.45, 2.75) is 45.0 Å². The number of amidine groups is 1. The summed E-state index contributed by atoms with van der Waals surface area (Å²) in [5.74, 6) is -0.280. The van der Waals surface area contributed by atoms with Crippen molar-refractivity contribution in [3.05, 3.63) is 59.7 Å². The number of rotatable bonds is 6. The second-order valence-electron chi connectivity index (χ2n) is 7.88. The van der Waals surface area contributed by atoms with Crippen LogP contribution in [0.2, 0.25) is 0 Å². The van der Waals surface area contributed by atoms with Crippen LogP contribution < -0.4 is 15.0 Å². The standard InChI is InChI=1S/C24H26N4O4S/c1-4-5-14-32-21-13-9-6-10-18(21)15-27-20-12-8-7-11-19(20)24(22(27)31)28(17(3)30)26-23(33-24)25-16(2)29/h6-13H,4-5,14-15H2,1-3H3,(H,25,26,29)/t24-/m1/s1. The van der Waals surface area contributed by atoms with E-state index >= 15 is 0 Å². The van der Waals surface area contributed by atoms with Crippen LogP contribution in [-0.2, 0) is 25.8 Å². The van der Waals surface area contributed by atoms with Gasteiger partial charge in [0.1, 0.15) is 5.75 Å². The zero-order valence-corrected chi connectivity index (χ0v) is 19.6. The molecule has 0 radical (unpaired) electrons. The Hall–Kier alpha value is -3.33. The number of ether oxygens (including phenoxy) is 1. The zero-order chi connectivity index (χ0) is 23.6. The van der Waals surface area contributed by atoms with Crippen molar-refractivity contribution in [2.24, 2.45) is 5.10 Å². The molecule has 33 heavy (non-hydrogen) atoms. The molecule has 2 aliphatic rings. The smallest absolute Gasteiger partial charge is 0.271 e. The second-order valence-corrected chi connectivity index (χ2v) is 9.06. The van der Waals surface area contributed by atoms with E-state index in [1.165, 1.54) is 18.9 Å². The molecule has 9 heteroatoms. The number of unbranched alkanes of at least 4 members (excludes halogenated alkanes) is 1. The van der Waals surface area contributed by atoms with Crippen LogP contribution in [0.3, 0.4) is 0 Å². The van der Waals surface area contributed by atoms with Gasteiger partial charge in [-0.1, -0.05) is 49.7 Å². The number of carbonyl (C=O) groups excluding carboxylic acids is 3. The topological polar surface area (TPSA) is 91.3 Å². The van der Waals surface area contributed by atoms with E-state index in [9.17, 15) is 14.4 Å². The van der Waals surface area contributed by atoms with E-state index in [-0.39, 0.29) is 23.5 Å². The van der Waals surface area contributed by atoms with Crippen LogP contribution in [0.15, 0.2) is 53.6 Å². The third-order valence-electron chi connectivity index (χ3n) is 5.47. The van der Waals surface area contributed by atoms with Gasteiger partial charge in [0.25, 0.3) is 5.91 Å². The first kappa shape index (κ1) is 22.8. The van der Waals surface area contributed by atoms with Gasteiger partial charge in [0, 0.05) is 25.0 Å². The average molecular weight is 467 g/mol. The van der Waals surface area contributed by atoms with Gasteiger partial charge in [-0.05, 0) is 30.3 Å². The average Bonchev–Trinajstić information content (AvgIpc) is 3.27. The van der Waals surface area contributed by atoms with E-state index in [4.69, 9.17) is 4.74 Å². The van der Waals surface area contributed by atoms with E-state index in [0.717, 1.165) is 35.9 Å². The van der Waals surface area contributed by atoms with Crippen molar-refractivity contribution in [1.82, 2.24) is 10.3 Å². The molecule has 3 amide bonds. The molecule has 0 aromatic heterocycles. The minimum atomic E-state index is -1.40. The molecule has 1 atom stereocenters. The number of fused-ring (bicyclic) bond motifs is 2. The quantitative estimate of drug-likeness (QED) is 0.658. The van der Waals surface area contributed by atoms with Crippen LogP contribution in [0, 0.1) is 0 Å². The Balaban J connectivity index is 1.72. The molecule has 172 valence electrons. The molecule has 0 aliphatic carbocycles. The Morgan fingerprint density at radius 3 is 2.58 bits per heavy atom. The predicted octanol–water partition coefficient (Wildman–Crippen LogP) is 3.57. The van der Waals surface area contributed by atoms with Crippen molar-refractivity contribution in [3.8, 4) is 5.75 Å². The van der Waals surface area contributed by atoms with Crippen LogP contribution >= 0.6 is 11.8 Å².